The number of rotatable bonds is 5. The predicted molar refractivity (Wildman–Crippen MR) is 74.1 cm³/mol. The SMILES string of the molecule is NCCCC[C@H](N)C(=O)O.O=C1OCc2ccccc21. The average molecular weight is 280 g/mol. The number of cyclic esters (lactones) is 1. The molecule has 5 N–H and O–H groups in total. The maximum absolute atomic E-state index is 10.8. The van der Waals surface area contributed by atoms with Gasteiger partial charge in [-0.2, -0.15) is 0 Å². The molecule has 110 valence electrons. The van der Waals surface area contributed by atoms with Crippen LogP contribution in [0.25, 0.3) is 0 Å². The Hall–Kier alpha value is -1.92. The lowest BCUT2D eigenvalue weighted by molar-refractivity contribution is -0.138. The Morgan fingerprint density at radius 3 is 2.65 bits per heavy atom. The predicted octanol–water partition coefficient (Wildman–Crippen LogP) is 0.884. The Bertz CT molecular complexity index is 462. The molecule has 0 unspecified atom stereocenters. The molecule has 0 aromatic heterocycles. The molecule has 1 aromatic rings. The highest BCUT2D eigenvalue weighted by atomic mass is 16.5. The van der Waals surface area contributed by atoms with Crippen molar-refractivity contribution in [1.82, 2.24) is 0 Å². The summed E-state index contributed by atoms with van der Waals surface area (Å²) in [6.45, 7) is 1.04. The van der Waals surface area contributed by atoms with E-state index in [4.69, 9.17) is 21.3 Å². The zero-order valence-corrected chi connectivity index (χ0v) is 11.2. The molecule has 6 heteroatoms. The number of aliphatic carboxylic acids is 1. The molecular weight excluding hydrogens is 260 g/mol. The molecule has 0 spiro atoms. The number of carbonyl (C=O) groups is 2. The smallest absolute Gasteiger partial charge is 0.338 e. The number of carbonyl (C=O) groups excluding carboxylic acids is 1. The Morgan fingerprint density at radius 1 is 1.35 bits per heavy atom. The number of unbranched alkanes of at least 4 members (excludes halogenated alkanes) is 1. The number of ether oxygens (including phenoxy) is 1. The lowest BCUT2D eigenvalue weighted by Crippen LogP contribution is -2.29. The molecule has 20 heavy (non-hydrogen) atoms. The van der Waals surface area contributed by atoms with Crippen molar-refractivity contribution < 1.29 is 19.4 Å². The first-order chi connectivity index (χ1) is 9.56. The second kappa shape index (κ2) is 8.29. The van der Waals surface area contributed by atoms with Crippen molar-refractivity contribution >= 4 is 11.9 Å². The van der Waals surface area contributed by atoms with Crippen LogP contribution in [0.3, 0.4) is 0 Å². The van der Waals surface area contributed by atoms with Crippen molar-refractivity contribution in [3.05, 3.63) is 35.4 Å². The molecular formula is C14H20N2O4. The highest BCUT2D eigenvalue weighted by Gasteiger charge is 2.18. The van der Waals surface area contributed by atoms with Crippen molar-refractivity contribution in [3.63, 3.8) is 0 Å². The summed E-state index contributed by atoms with van der Waals surface area (Å²) in [7, 11) is 0. The Labute approximate surface area is 117 Å². The van der Waals surface area contributed by atoms with Crippen molar-refractivity contribution in [1.29, 1.82) is 0 Å². The molecule has 1 heterocycles. The largest absolute Gasteiger partial charge is 0.480 e. The monoisotopic (exact) mass is 280 g/mol. The fourth-order valence-corrected chi connectivity index (χ4v) is 1.70. The summed E-state index contributed by atoms with van der Waals surface area (Å²) in [5.74, 6) is -1.13. The van der Waals surface area contributed by atoms with Gasteiger partial charge in [0, 0.05) is 5.56 Å². The van der Waals surface area contributed by atoms with E-state index in [1.807, 2.05) is 18.2 Å². The second-order valence-electron chi connectivity index (χ2n) is 4.46. The van der Waals surface area contributed by atoms with Crippen LogP contribution in [0.2, 0.25) is 0 Å². The van der Waals surface area contributed by atoms with E-state index in [-0.39, 0.29) is 5.97 Å². The minimum absolute atomic E-state index is 0.199. The molecule has 2 rings (SSSR count). The molecule has 0 saturated carbocycles. The van der Waals surface area contributed by atoms with E-state index >= 15 is 0 Å². The van der Waals surface area contributed by atoms with Crippen LogP contribution in [-0.4, -0.2) is 29.6 Å². The Morgan fingerprint density at radius 2 is 2.05 bits per heavy atom. The molecule has 0 bridgehead atoms. The van der Waals surface area contributed by atoms with Crippen molar-refractivity contribution in [3.8, 4) is 0 Å². The summed E-state index contributed by atoms with van der Waals surface area (Å²) >= 11 is 0. The van der Waals surface area contributed by atoms with Gasteiger partial charge < -0.3 is 21.3 Å². The van der Waals surface area contributed by atoms with Crippen LogP contribution in [0.4, 0.5) is 0 Å². The van der Waals surface area contributed by atoms with Gasteiger partial charge in [0.15, 0.2) is 0 Å². The van der Waals surface area contributed by atoms with Gasteiger partial charge in [-0.1, -0.05) is 24.6 Å². The van der Waals surface area contributed by atoms with Crippen LogP contribution < -0.4 is 11.5 Å². The number of hydrogen-bond donors (Lipinski definition) is 3. The second-order valence-corrected chi connectivity index (χ2v) is 4.46. The first-order valence-electron chi connectivity index (χ1n) is 6.49. The highest BCUT2D eigenvalue weighted by molar-refractivity contribution is 5.93. The van der Waals surface area contributed by atoms with Crippen molar-refractivity contribution in [2.45, 2.75) is 31.9 Å². The number of esters is 1. The molecule has 0 saturated heterocycles. The fraction of sp³-hybridized carbons (Fsp3) is 0.429. The van der Waals surface area contributed by atoms with Crippen LogP contribution in [0.15, 0.2) is 24.3 Å². The molecule has 0 fully saturated rings. The summed E-state index contributed by atoms with van der Waals surface area (Å²) in [6, 6.07) is 6.71. The van der Waals surface area contributed by atoms with Gasteiger partial charge >= 0.3 is 11.9 Å². The number of carboxylic acid groups (broad SMARTS) is 1. The highest BCUT2D eigenvalue weighted by Crippen LogP contribution is 2.18. The molecule has 1 aliphatic heterocycles. The van der Waals surface area contributed by atoms with E-state index in [9.17, 15) is 9.59 Å². The number of hydrogen-bond acceptors (Lipinski definition) is 5. The third kappa shape index (κ3) is 4.99. The quantitative estimate of drug-likeness (QED) is 0.545. The summed E-state index contributed by atoms with van der Waals surface area (Å²) in [5.41, 5.74) is 12.1. The van der Waals surface area contributed by atoms with Gasteiger partial charge in [-0.15, -0.1) is 0 Å². The minimum Gasteiger partial charge on any atom is -0.480 e. The van der Waals surface area contributed by atoms with E-state index in [2.05, 4.69) is 0 Å². The van der Waals surface area contributed by atoms with Gasteiger partial charge in [-0.25, -0.2) is 4.79 Å². The average Bonchev–Trinajstić information content (AvgIpc) is 2.82. The Balaban J connectivity index is 0.000000200. The van der Waals surface area contributed by atoms with Gasteiger partial charge in [-0.05, 0) is 25.5 Å². The van der Waals surface area contributed by atoms with Gasteiger partial charge in [0.2, 0.25) is 0 Å². The standard InChI is InChI=1S/C8H6O2.C6H14N2O2/c9-8-7-4-2-1-3-6(7)5-10-8;7-4-2-1-3-5(8)6(9)10/h1-4H,5H2;5H,1-4,7-8H2,(H,9,10)/t;5-/m.0/s1. The van der Waals surface area contributed by atoms with Gasteiger partial charge in [0.1, 0.15) is 12.6 Å². The van der Waals surface area contributed by atoms with Crippen LogP contribution in [0, 0.1) is 0 Å². The van der Waals surface area contributed by atoms with E-state index in [1.54, 1.807) is 6.07 Å². The molecule has 6 nitrogen and oxygen atoms in total. The molecule has 1 aromatic carbocycles. The summed E-state index contributed by atoms with van der Waals surface area (Å²) in [4.78, 5) is 21.0. The normalized spacial score (nSPS) is 13.8. The first-order valence-corrected chi connectivity index (χ1v) is 6.49. The fourth-order valence-electron chi connectivity index (χ4n) is 1.70. The van der Waals surface area contributed by atoms with Crippen LogP contribution in [-0.2, 0) is 16.1 Å². The van der Waals surface area contributed by atoms with Gasteiger partial charge in [0.05, 0.1) is 5.56 Å². The molecule has 0 aliphatic carbocycles. The number of nitrogens with two attached hydrogens (primary N) is 2. The van der Waals surface area contributed by atoms with Crippen LogP contribution >= 0.6 is 0 Å². The third-order valence-corrected chi connectivity index (χ3v) is 2.88. The van der Waals surface area contributed by atoms with E-state index in [0.29, 0.717) is 25.1 Å². The zero-order valence-electron chi connectivity index (χ0n) is 11.2. The summed E-state index contributed by atoms with van der Waals surface area (Å²) < 4.78 is 4.78. The van der Waals surface area contributed by atoms with E-state index < -0.39 is 12.0 Å². The van der Waals surface area contributed by atoms with Crippen molar-refractivity contribution in [2.24, 2.45) is 11.5 Å². The molecule has 0 radical (unpaired) electrons. The third-order valence-electron chi connectivity index (χ3n) is 2.88. The van der Waals surface area contributed by atoms with Crippen molar-refractivity contribution in [2.75, 3.05) is 6.54 Å². The van der Waals surface area contributed by atoms with E-state index in [0.717, 1.165) is 18.4 Å². The lowest BCUT2D eigenvalue weighted by Gasteiger charge is -2.03. The Kier molecular flexibility index (Phi) is 6.69. The van der Waals surface area contributed by atoms with Crippen LogP contribution in [0.5, 0.6) is 0 Å². The molecule has 1 atom stereocenters. The number of benzene rings is 1. The maximum Gasteiger partial charge on any atom is 0.338 e. The number of fused-ring (bicyclic) bond motifs is 1. The summed E-state index contributed by atoms with van der Waals surface area (Å²) in [6.07, 6.45) is 2.16. The summed E-state index contributed by atoms with van der Waals surface area (Å²) in [5, 5.41) is 8.33. The topological polar surface area (TPSA) is 116 Å². The van der Waals surface area contributed by atoms with Gasteiger partial charge in [0.25, 0.3) is 0 Å². The zero-order chi connectivity index (χ0) is 15.0. The van der Waals surface area contributed by atoms with Gasteiger partial charge in [-0.3, -0.25) is 4.79 Å². The minimum atomic E-state index is -0.933. The maximum atomic E-state index is 10.8. The molecule has 0 amide bonds. The first kappa shape index (κ1) is 16.1. The molecule has 1 aliphatic rings. The lowest BCUT2D eigenvalue weighted by atomic mass is 10.1. The number of carboxylic acids is 1. The van der Waals surface area contributed by atoms with E-state index in [1.165, 1.54) is 0 Å². The van der Waals surface area contributed by atoms with Crippen LogP contribution in [0.1, 0.15) is 35.2 Å².